The van der Waals surface area contributed by atoms with E-state index >= 15 is 0 Å². The molecule has 3 aromatic rings. The van der Waals surface area contributed by atoms with Gasteiger partial charge < -0.3 is 9.42 Å². The van der Waals surface area contributed by atoms with E-state index in [9.17, 15) is 4.79 Å². The van der Waals surface area contributed by atoms with Crippen LogP contribution in [0, 0.1) is 20.8 Å². The lowest BCUT2D eigenvalue weighted by atomic mass is 9.94. The molecule has 2 aromatic heterocycles. The van der Waals surface area contributed by atoms with E-state index in [1.807, 2.05) is 36.9 Å². The maximum atomic E-state index is 13.2. The number of rotatable bonds is 4. The molecule has 150 valence electrons. The first-order chi connectivity index (χ1) is 14.0. The molecule has 0 aliphatic carbocycles. The van der Waals surface area contributed by atoms with Gasteiger partial charge in [0.2, 0.25) is 5.91 Å². The number of hydrogen-bond acceptors (Lipinski definition) is 5. The Kier molecular flexibility index (Phi) is 5.43. The van der Waals surface area contributed by atoms with Crippen molar-refractivity contribution >= 4 is 5.91 Å². The van der Waals surface area contributed by atoms with Crippen molar-refractivity contribution < 1.29 is 9.32 Å². The Morgan fingerprint density at radius 3 is 2.69 bits per heavy atom. The van der Waals surface area contributed by atoms with E-state index in [0.29, 0.717) is 18.0 Å². The van der Waals surface area contributed by atoms with Crippen LogP contribution in [-0.2, 0) is 11.2 Å². The van der Waals surface area contributed by atoms with Gasteiger partial charge in [-0.3, -0.25) is 4.79 Å². The first kappa shape index (κ1) is 19.3. The molecule has 0 N–H and O–H groups in total. The lowest BCUT2D eigenvalue weighted by Crippen LogP contribution is -2.40. The maximum Gasteiger partial charge on any atom is 0.227 e. The highest BCUT2D eigenvalue weighted by Crippen LogP contribution is 2.36. The van der Waals surface area contributed by atoms with Crippen LogP contribution in [-0.4, -0.2) is 32.5 Å². The summed E-state index contributed by atoms with van der Waals surface area (Å²) in [6, 6.07) is 9.97. The van der Waals surface area contributed by atoms with Crippen molar-refractivity contribution in [2.45, 2.75) is 52.5 Å². The standard InChI is InChI=1S/C23H26N4O2/c1-15-7-9-18(10-8-15)13-22(28)27-11-5-4-6-20(27)23-19(14-24-17(3)25-23)21-12-16(2)26-29-21/h7-10,12,14,20H,4-6,11,13H2,1-3H3/t20-/m1/s1. The van der Waals surface area contributed by atoms with E-state index in [-0.39, 0.29) is 11.9 Å². The fraction of sp³-hybridized carbons (Fsp3) is 0.391. The molecule has 29 heavy (non-hydrogen) atoms. The SMILES string of the molecule is Cc1ccc(CC(=O)N2CCCC[C@@H]2c2nc(C)ncc2-c2cc(C)no2)cc1. The fourth-order valence-electron chi connectivity index (χ4n) is 3.92. The van der Waals surface area contributed by atoms with Crippen LogP contribution in [0.3, 0.4) is 0 Å². The van der Waals surface area contributed by atoms with E-state index in [4.69, 9.17) is 9.51 Å². The fourth-order valence-corrected chi connectivity index (χ4v) is 3.92. The number of piperidine rings is 1. The molecule has 6 nitrogen and oxygen atoms in total. The third kappa shape index (κ3) is 4.21. The zero-order valence-electron chi connectivity index (χ0n) is 17.2. The Morgan fingerprint density at radius 2 is 1.97 bits per heavy atom. The second kappa shape index (κ2) is 8.15. The highest BCUT2D eigenvalue weighted by Gasteiger charge is 2.32. The summed E-state index contributed by atoms with van der Waals surface area (Å²) in [7, 11) is 0. The number of amides is 1. The lowest BCUT2D eigenvalue weighted by Gasteiger charge is -2.36. The van der Waals surface area contributed by atoms with Gasteiger partial charge in [-0.2, -0.15) is 0 Å². The summed E-state index contributed by atoms with van der Waals surface area (Å²) in [4.78, 5) is 24.3. The molecule has 1 aliphatic rings. The molecule has 3 heterocycles. The third-order valence-electron chi connectivity index (χ3n) is 5.45. The van der Waals surface area contributed by atoms with Gasteiger partial charge in [0.15, 0.2) is 5.76 Å². The molecule has 4 rings (SSSR count). The molecular weight excluding hydrogens is 364 g/mol. The molecule has 6 heteroatoms. The Bertz CT molecular complexity index is 1010. The molecule has 0 radical (unpaired) electrons. The van der Waals surface area contributed by atoms with Crippen LogP contribution in [0.15, 0.2) is 41.1 Å². The van der Waals surface area contributed by atoms with Crippen LogP contribution in [0.25, 0.3) is 11.3 Å². The van der Waals surface area contributed by atoms with Crippen LogP contribution in [0.4, 0.5) is 0 Å². The number of hydrogen-bond donors (Lipinski definition) is 0. The maximum absolute atomic E-state index is 13.2. The summed E-state index contributed by atoms with van der Waals surface area (Å²) in [5.74, 6) is 1.47. The molecule has 0 bridgehead atoms. The minimum absolute atomic E-state index is 0.0798. The van der Waals surface area contributed by atoms with E-state index in [2.05, 4.69) is 29.2 Å². The Morgan fingerprint density at radius 1 is 1.17 bits per heavy atom. The first-order valence-corrected chi connectivity index (χ1v) is 10.1. The Labute approximate surface area is 171 Å². The minimum atomic E-state index is -0.0798. The van der Waals surface area contributed by atoms with Crippen LogP contribution in [0.2, 0.25) is 0 Å². The summed E-state index contributed by atoms with van der Waals surface area (Å²) in [5.41, 5.74) is 4.71. The zero-order valence-corrected chi connectivity index (χ0v) is 17.2. The van der Waals surface area contributed by atoms with Gasteiger partial charge in [-0.15, -0.1) is 0 Å². The zero-order chi connectivity index (χ0) is 20.4. The highest BCUT2D eigenvalue weighted by atomic mass is 16.5. The third-order valence-corrected chi connectivity index (χ3v) is 5.45. The number of likely N-dealkylation sites (tertiary alicyclic amines) is 1. The van der Waals surface area contributed by atoms with Crippen molar-refractivity contribution in [3.63, 3.8) is 0 Å². The summed E-state index contributed by atoms with van der Waals surface area (Å²) >= 11 is 0. The quantitative estimate of drug-likeness (QED) is 0.662. The predicted octanol–water partition coefficient (Wildman–Crippen LogP) is 4.35. The van der Waals surface area contributed by atoms with Gasteiger partial charge in [-0.25, -0.2) is 9.97 Å². The van der Waals surface area contributed by atoms with E-state index in [1.165, 1.54) is 5.56 Å². The molecule has 1 fully saturated rings. The first-order valence-electron chi connectivity index (χ1n) is 10.1. The van der Waals surface area contributed by atoms with E-state index < -0.39 is 0 Å². The van der Waals surface area contributed by atoms with Gasteiger partial charge >= 0.3 is 0 Å². The second-order valence-electron chi connectivity index (χ2n) is 7.81. The van der Waals surface area contributed by atoms with Crippen LogP contribution < -0.4 is 0 Å². The van der Waals surface area contributed by atoms with Crippen molar-refractivity contribution in [1.82, 2.24) is 20.0 Å². The van der Waals surface area contributed by atoms with E-state index in [1.54, 1.807) is 6.20 Å². The molecule has 1 aromatic carbocycles. The largest absolute Gasteiger partial charge is 0.356 e. The number of nitrogens with zero attached hydrogens (tertiary/aromatic N) is 4. The van der Waals surface area contributed by atoms with Gasteiger partial charge in [-0.05, 0) is 45.6 Å². The number of carbonyl (C=O) groups is 1. The van der Waals surface area contributed by atoms with Gasteiger partial charge in [0.1, 0.15) is 5.82 Å². The average molecular weight is 390 g/mol. The van der Waals surface area contributed by atoms with Crippen LogP contribution in [0.5, 0.6) is 0 Å². The topological polar surface area (TPSA) is 72.1 Å². The molecule has 1 atom stereocenters. The number of carbonyl (C=O) groups excluding carboxylic acids is 1. The van der Waals surface area contributed by atoms with Gasteiger partial charge in [-0.1, -0.05) is 35.0 Å². The minimum Gasteiger partial charge on any atom is -0.356 e. The van der Waals surface area contributed by atoms with Crippen molar-refractivity contribution in [1.29, 1.82) is 0 Å². The van der Waals surface area contributed by atoms with Crippen molar-refractivity contribution in [2.75, 3.05) is 6.54 Å². The highest BCUT2D eigenvalue weighted by molar-refractivity contribution is 5.79. The van der Waals surface area contributed by atoms with E-state index in [0.717, 1.165) is 48.3 Å². The number of benzene rings is 1. The molecule has 0 unspecified atom stereocenters. The van der Waals surface area contributed by atoms with Crippen molar-refractivity contribution in [2.24, 2.45) is 0 Å². The van der Waals surface area contributed by atoms with Gasteiger partial charge in [0.25, 0.3) is 0 Å². The molecule has 0 spiro atoms. The summed E-state index contributed by atoms with van der Waals surface area (Å²) in [6.07, 6.45) is 5.15. The molecular formula is C23H26N4O2. The molecule has 1 amide bonds. The summed E-state index contributed by atoms with van der Waals surface area (Å²) < 4.78 is 5.49. The molecule has 1 aliphatic heterocycles. The number of aryl methyl sites for hydroxylation is 3. The smallest absolute Gasteiger partial charge is 0.227 e. The normalized spacial score (nSPS) is 16.8. The molecule has 1 saturated heterocycles. The second-order valence-corrected chi connectivity index (χ2v) is 7.81. The average Bonchev–Trinajstić information content (AvgIpc) is 3.15. The van der Waals surface area contributed by atoms with Crippen molar-refractivity contribution in [3.8, 4) is 11.3 Å². The molecule has 0 saturated carbocycles. The summed E-state index contributed by atoms with van der Waals surface area (Å²) in [6.45, 7) is 6.56. The van der Waals surface area contributed by atoms with Gasteiger partial charge in [0.05, 0.1) is 29.4 Å². The predicted molar refractivity (Wildman–Crippen MR) is 110 cm³/mol. The van der Waals surface area contributed by atoms with Crippen LogP contribution >= 0.6 is 0 Å². The van der Waals surface area contributed by atoms with Gasteiger partial charge in [0, 0.05) is 18.8 Å². The van der Waals surface area contributed by atoms with Crippen LogP contribution in [0.1, 0.15) is 53.6 Å². The monoisotopic (exact) mass is 390 g/mol. The Hall–Kier alpha value is -3.02. The summed E-state index contributed by atoms with van der Waals surface area (Å²) in [5, 5.41) is 4.01. The van der Waals surface area contributed by atoms with Crippen molar-refractivity contribution in [3.05, 3.63) is 64.9 Å². The Balaban J connectivity index is 1.66. The number of aromatic nitrogens is 3. The lowest BCUT2D eigenvalue weighted by molar-refractivity contribution is -0.134.